The minimum Gasteiger partial charge on any atom is -0.478 e. The molecule has 0 radical (unpaired) electrons. The molecule has 31 heavy (non-hydrogen) atoms. The van der Waals surface area contributed by atoms with E-state index in [2.05, 4.69) is 10.2 Å². The number of aromatic nitrogens is 1. The summed E-state index contributed by atoms with van der Waals surface area (Å²) in [6.07, 6.45) is 1.57. The average Bonchev–Trinajstić information content (AvgIpc) is 2.75. The molecule has 2 aromatic carbocycles. The number of benzene rings is 2. The third-order valence-electron chi connectivity index (χ3n) is 5.78. The molecule has 0 bridgehead atoms. The Balaban J connectivity index is 1.82. The van der Waals surface area contributed by atoms with Crippen LogP contribution in [0.3, 0.4) is 0 Å². The molecule has 1 saturated heterocycles. The summed E-state index contributed by atoms with van der Waals surface area (Å²) in [6, 6.07) is 16.2. The number of carboxylic acids is 1. The van der Waals surface area contributed by atoms with Crippen LogP contribution >= 0.6 is 0 Å². The zero-order valence-electron chi connectivity index (χ0n) is 17.4. The second kappa shape index (κ2) is 8.73. The molecular weight excluding hydrogens is 394 g/mol. The number of nitrogens with one attached hydrogen (secondary N) is 1. The molecule has 0 spiro atoms. The lowest BCUT2D eigenvalue weighted by atomic mass is 10.0. The fourth-order valence-electron chi connectivity index (χ4n) is 4.37. The highest BCUT2D eigenvalue weighted by Gasteiger charge is 2.26. The molecule has 2 heterocycles. The van der Waals surface area contributed by atoms with Gasteiger partial charge in [-0.1, -0.05) is 36.4 Å². The molecule has 0 atom stereocenters. The van der Waals surface area contributed by atoms with Gasteiger partial charge in [0.15, 0.2) is 0 Å². The number of hydrogen-bond donors (Lipinski definition) is 2. The van der Waals surface area contributed by atoms with Crippen molar-refractivity contribution in [2.75, 3.05) is 13.1 Å². The first-order chi connectivity index (χ1) is 15.0. The summed E-state index contributed by atoms with van der Waals surface area (Å²) in [5, 5.41) is 13.9. The van der Waals surface area contributed by atoms with Crippen LogP contribution in [0.2, 0.25) is 0 Å². The number of carbonyl (C=O) groups excluding carboxylic acids is 1. The van der Waals surface area contributed by atoms with E-state index in [0.717, 1.165) is 12.8 Å². The molecule has 7 heteroatoms. The molecule has 1 amide bonds. The van der Waals surface area contributed by atoms with Crippen molar-refractivity contribution in [3.8, 4) is 5.69 Å². The molecular formula is C24H25N3O4. The van der Waals surface area contributed by atoms with E-state index in [4.69, 9.17) is 0 Å². The van der Waals surface area contributed by atoms with Crippen LogP contribution in [-0.2, 0) is 11.3 Å². The number of carboxylic acid groups (broad SMARTS) is 1. The van der Waals surface area contributed by atoms with Crippen molar-refractivity contribution >= 4 is 22.6 Å². The van der Waals surface area contributed by atoms with Crippen molar-refractivity contribution in [2.45, 2.75) is 32.4 Å². The van der Waals surface area contributed by atoms with E-state index in [0.29, 0.717) is 41.8 Å². The number of likely N-dealkylation sites (tertiary alicyclic amines) is 1. The highest BCUT2D eigenvalue weighted by Crippen LogP contribution is 2.25. The maximum absolute atomic E-state index is 13.4. The van der Waals surface area contributed by atoms with Gasteiger partial charge in [0.25, 0.3) is 5.56 Å². The Morgan fingerprint density at radius 3 is 2.23 bits per heavy atom. The van der Waals surface area contributed by atoms with Crippen molar-refractivity contribution in [1.82, 2.24) is 14.8 Å². The lowest BCUT2D eigenvalue weighted by Crippen LogP contribution is -2.44. The highest BCUT2D eigenvalue weighted by atomic mass is 16.4. The number of fused-ring (bicyclic) bond motifs is 1. The van der Waals surface area contributed by atoms with Crippen molar-refractivity contribution < 1.29 is 14.7 Å². The Bertz CT molecular complexity index is 1180. The van der Waals surface area contributed by atoms with Gasteiger partial charge in [0.1, 0.15) is 0 Å². The Morgan fingerprint density at radius 2 is 1.61 bits per heavy atom. The monoisotopic (exact) mass is 419 g/mol. The van der Waals surface area contributed by atoms with E-state index in [1.807, 2.05) is 30.3 Å². The van der Waals surface area contributed by atoms with Gasteiger partial charge < -0.3 is 10.4 Å². The smallest absolute Gasteiger partial charge is 0.338 e. The van der Waals surface area contributed by atoms with Gasteiger partial charge in [-0.25, -0.2) is 4.79 Å². The number of piperidine rings is 1. The Hall–Kier alpha value is -3.45. The third-order valence-corrected chi connectivity index (χ3v) is 5.78. The fourth-order valence-corrected chi connectivity index (χ4v) is 4.37. The number of carbonyl (C=O) groups is 2. The Morgan fingerprint density at radius 1 is 1.00 bits per heavy atom. The maximum Gasteiger partial charge on any atom is 0.338 e. The van der Waals surface area contributed by atoms with Crippen LogP contribution in [0.5, 0.6) is 0 Å². The van der Waals surface area contributed by atoms with E-state index in [1.165, 1.54) is 11.5 Å². The standard InChI is InChI=1S/C24H25N3O4/c1-16(28)25-17-11-13-26(14-12-17)15-21-22(24(30)31)19-9-5-6-10-20(19)23(29)27(21)18-7-3-2-4-8-18/h2-10,17H,11-15H2,1H3,(H,25,28)(H,30,31). The van der Waals surface area contributed by atoms with E-state index < -0.39 is 5.97 Å². The van der Waals surface area contributed by atoms with E-state index >= 15 is 0 Å². The normalized spacial score (nSPS) is 15.1. The van der Waals surface area contributed by atoms with E-state index in [1.54, 1.807) is 24.3 Å². The van der Waals surface area contributed by atoms with Gasteiger partial charge in [-0.2, -0.15) is 0 Å². The topological polar surface area (TPSA) is 91.6 Å². The summed E-state index contributed by atoms with van der Waals surface area (Å²) in [5.41, 5.74) is 1.04. The number of hydrogen-bond acceptors (Lipinski definition) is 4. The first kappa shape index (κ1) is 20.8. The average molecular weight is 419 g/mol. The second-order valence-electron chi connectivity index (χ2n) is 7.90. The van der Waals surface area contributed by atoms with Gasteiger partial charge in [0.05, 0.1) is 11.3 Å². The van der Waals surface area contributed by atoms with E-state index in [-0.39, 0.29) is 23.1 Å². The van der Waals surface area contributed by atoms with Crippen LogP contribution < -0.4 is 10.9 Å². The maximum atomic E-state index is 13.4. The summed E-state index contributed by atoms with van der Waals surface area (Å²) in [5.74, 6) is -1.09. The molecule has 0 unspecified atom stereocenters. The number of aromatic carboxylic acids is 1. The molecule has 1 aromatic heterocycles. The highest BCUT2D eigenvalue weighted by molar-refractivity contribution is 6.04. The molecule has 1 aliphatic rings. The first-order valence-corrected chi connectivity index (χ1v) is 10.4. The van der Waals surface area contributed by atoms with Gasteiger partial charge in [-0.15, -0.1) is 0 Å². The molecule has 0 saturated carbocycles. The van der Waals surface area contributed by atoms with Crippen molar-refractivity contribution in [1.29, 1.82) is 0 Å². The number of pyridine rings is 1. The lowest BCUT2D eigenvalue weighted by molar-refractivity contribution is -0.120. The van der Waals surface area contributed by atoms with Crippen LogP contribution in [0.1, 0.15) is 35.8 Å². The zero-order valence-corrected chi connectivity index (χ0v) is 17.4. The van der Waals surface area contributed by atoms with Gasteiger partial charge in [0, 0.05) is 49.1 Å². The molecule has 3 aromatic rings. The number of amides is 1. The Labute approximate surface area is 179 Å². The van der Waals surface area contributed by atoms with Gasteiger partial charge >= 0.3 is 5.97 Å². The number of nitrogens with zero attached hydrogens (tertiary/aromatic N) is 2. The molecule has 160 valence electrons. The summed E-state index contributed by atoms with van der Waals surface area (Å²) in [6.45, 7) is 3.27. The largest absolute Gasteiger partial charge is 0.478 e. The van der Waals surface area contributed by atoms with Crippen molar-refractivity contribution in [3.05, 3.63) is 76.2 Å². The van der Waals surface area contributed by atoms with Gasteiger partial charge in [-0.05, 0) is 31.0 Å². The lowest BCUT2D eigenvalue weighted by Gasteiger charge is -2.33. The van der Waals surface area contributed by atoms with Crippen LogP contribution in [0.4, 0.5) is 0 Å². The molecule has 4 rings (SSSR count). The predicted molar refractivity (Wildman–Crippen MR) is 119 cm³/mol. The predicted octanol–water partition coefficient (Wildman–Crippen LogP) is 2.79. The summed E-state index contributed by atoms with van der Waals surface area (Å²) in [7, 11) is 0. The second-order valence-corrected chi connectivity index (χ2v) is 7.90. The van der Waals surface area contributed by atoms with Gasteiger partial charge in [0.2, 0.25) is 5.91 Å². The van der Waals surface area contributed by atoms with Crippen LogP contribution in [0.25, 0.3) is 16.5 Å². The third kappa shape index (κ3) is 4.22. The van der Waals surface area contributed by atoms with E-state index in [9.17, 15) is 19.5 Å². The van der Waals surface area contributed by atoms with Crippen LogP contribution in [0.15, 0.2) is 59.4 Å². The van der Waals surface area contributed by atoms with Crippen LogP contribution in [-0.4, -0.2) is 45.6 Å². The Kier molecular flexibility index (Phi) is 5.86. The first-order valence-electron chi connectivity index (χ1n) is 10.4. The van der Waals surface area contributed by atoms with Crippen molar-refractivity contribution in [3.63, 3.8) is 0 Å². The summed E-state index contributed by atoms with van der Waals surface area (Å²) >= 11 is 0. The van der Waals surface area contributed by atoms with Crippen molar-refractivity contribution in [2.24, 2.45) is 0 Å². The summed E-state index contributed by atoms with van der Waals surface area (Å²) in [4.78, 5) is 39.3. The minimum absolute atomic E-state index is 0.0425. The minimum atomic E-state index is -1.05. The SMILES string of the molecule is CC(=O)NC1CCN(Cc2c(C(=O)O)c3ccccc3c(=O)n2-c2ccccc2)CC1. The van der Waals surface area contributed by atoms with Crippen LogP contribution in [0, 0.1) is 0 Å². The number of para-hydroxylation sites is 1. The molecule has 2 N–H and O–H groups in total. The molecule has 7 nitrogen and oxygen atoms in total. The summed E-state index contributed by atoms with van der Waals surface area (Å²) < 4.78 is 1.53. The molecule has 0 aliphatic carbocycles. The number of rotatable bonds is 5. The van der Waals surface area contributed by atoms with Gasteiger partial charge in [-0.3, -0.25) is 19.1 Å². The zero-order chi connectivity index (χ0) is 22.0. The quantitative estimate of drug-likeness (QED) is 0.664. The fraction of sp³-hybridized carbons (Fsp3) is 0.292. The molecule has 1 fully saturated rings. The molecule has 1 aliphatic heterocycles.